The van der Waals surface area contributed by atoms with Crippen LogP contribution in [0.15, 0.2) is 59.6 Å². The predicted octanol–water partition coefficient (Wildman–Crippen LogP) is 3.26. The standard InChI is InChI=1S/C25H21FN4O5S/c1-14-4-5-15(9-22(14)36(3,33)34)24(31)28-13-18-11-20-16(12-27-18)6-7-19(29-20)21-8-17(25(32)35-2)10-23(26)30-21/h4-12H,13H2,1-3H3,(H,28,31). The Morgan fingerprint density at radius 2 is 1.78 bits per heavy atom. The molecule has 0 fully saturated rings. The molecule has 3 aromatic heterocycles. The van der Waals surface area contributed by atoms with Gasteiger partial charge in [0.05, 0.1) is 46.7 Å². The molecule has 0 aliphatic heterocycles. The van der Waals surface area contributed by atoms with Crippen molar-refractivity contribution >= 4 is 32.6 Å². The molecular formula is C25H21FN4O5S. The number of ether oxygens (including phenoxy) is 1. The highest BCUT2D eigenvalue weighted by Gasteiger charge is 2.16. The molecule has 0 unspecified atom stereocenters. The van der Waals surface area contributed by atoms with Crippen LogP contribution < -0.4 is 5.32 Å². The molecule has 0 spiro atoms. The van der Waals surface area contributed by atoms with E-state index in [1.807, 2.05) is 0 Å². The lowest BCUT2D eigenvalue weighted by atomic mass is 10.1. The fraction of sp³-hybridized carbons (Fsp3) is 0.160. The van der Waals surface area contributed by atoms with Crippen LogP contribution in [-0.2, 0) is 21.1 Å². The molecule has 0 aliphatic rings. The van der Waals surface area contributed by atoms with Crippen molar-refractivity contribution in [2.75, 3.05) is 13.4 Å². The zero-order valence-corrected chi connectivity index (χ0v) is 20.4. The normalized spacial score (nSPS) is 11.3. The number of pyridine rings is 3. The van der Waals surface area contributed by atoms with E-state index in [4.69, 9.17) is 0 Å². The van der Waals surface area contributed by atoms with E-state index in [0.29, 0.717) is 27.9 Å². The first kappa shape index (κ1) is 24.9. The molecule has 0 saturated heterocycles. The molecule has 0 aliphatic carbocycles. The number of carbonyl (C=O) groups excluding carboxylic acids is 2. The molecule has 184 valence electrons. The number of methoxy groups -OCH3 is 1. The highest BCUT2D eigenvalue weighted by Crippen LogP contribution is 2.22. The minimum absolute atomic E-state index is 0.00941. The zero-order chi connectivity index (χ0) is 26.0. The fourth-order valence-electron chi connectivity index (χ4n) is 3.57. The van der Waals surface area contributed by atoms with Crippen molar-refractivity contribution in [3.63, 3.8) is 0 Å². The van der Waals surface area contributed by atoms with Crippen molar-refractivity contribution in [3.05, 3.63) is 83.1 Å². The van der Waals surface area contributed by atoms with Crippen LogP contribution in [0.25, 0.3) is 22.3 Å². The van der Waals surface area contributed by atoms with Crippen LogP contribution in [0.4, 0.5) is 4.39 Å². The van der Waals surface area contributed by atoms with Crippen LogP contribution in [0, 0.1) is 12.9 Å². The Labute approximate surface area is 206 Å². The van der Waals surface area contributed by atoms with E-state index >= 15 is 0 Å². The highest BCUT2D eigenvalue weighted by molar-refractivity contribution is 7.90. The van der Waals surface area contributed by atoms with Crippen molar-refractivity contribution in [2.45, 2.75) is 18.4 Å². The van der Waals surface area contributed by atoms with Crippen molar-refractivity contribution in [3.8, 4) is 11.4 Å². The van der Waals surface area contributed by atoms with Gasteiger partial charge in [0.15, 0.2) is 9.84 Å². The van der Waals surface area contributed by atoms with E-state index in [1.165, 1.54) is 19.2 Å². The molecule has 0 radical (unpaired) electrons. The molecule has 1 N–H and O–H groups in total. The minimum atomic E-state index is -3.47. The van der Waals surface area contributed by atoms with Gasteiger partial charge in [-0.2, -0.15) is 4.39 Å². The molecule has 11 heteroatoms. The first-order valence-electron chi connectivity index (χ1n) is 10.7. The molecule has 9 nitrogen and oxygen atoms in total. The van der Waals surface area contributed by atoms with Gasteiger partial charge in [0.2, 0.25) is 5.95 Å². The smallest absolute Gasteiger partial charge is 0.338 e. The second-order valence-corrected chi connectivity index (χ2v) is 10.0. The molecule has 1 aromatic carbocycles. The van der Waals surface area contributed by atoms with Gasteiger partial charge in [-0.05, 0) is 48.9 Å². The lowest BCUT2D eigenvalue weighted by Gasteiger charge is -2.09. The molecule has 4 aromatic rings. The van der Waals surface area contributed by atoms with Gasteiger partial charge in [0.1, 0.15) is 0 Å². The van der Waals surface area contributed by atoms with E-state index in [0.717, 1.165) is 12.3 Å². The molecule has 0 atom stereocenters. The number of fused-ring (bicyclic) bond motifs is 1. The van der Waals surface area contributed by atoms with Crippen molar-refractivity contribution in [1.29, 1.82) is 0 Å². The third-order valence-electron chi connectivity index (χ3n) is 5.39. The number of amides is 1. The van der Waals surface area contributed by atoms with E-state index in [1.54, 1.807) is 43.5 Å². The van der Waals surface area contributed by atoms with Gasteiger partial charge in [-0.3, -0.25) is 9.78 Å². The van der Waals surface area contributed by atoms with Gasteiger partial charge < -0.3 is 10.1 Å². The van der Waals surface area contributed by atoms with Crippen LogP contribution in [0.5, 0.6) is 0 Å². The number of esters is 1. The highest BCUT2D eigenvalue weighted by atomic mass is 32.2. The van der Waals surface area contributed by atoms with E-state index in [-0.39, 0.29) is 28.3 Å². The second-order valence-electron chi connectivity index (χ2n) is 8.06. The number of nitrogens with zero attached hydrogens (tertiary/aromatic N) is 3. The molecule has 1 amide bonds. The number of hydrogen-bond acceptors (Lipinski definition) is 8. The number of halogens is 1. The number of aromatic nitrogens is 3. The molecule has 0 saturated carbocycles. The van der Waals surface area contributed by atoms with E-state index in [2.05, 4.69) is 25.0 Å². The number of rotatable bonds is 6. The Bertz CT molecular complexity index is 1620. The van der Waals surface area contributed by atoms with Gasteiger partial charge >= 0.3 is 5.97 Å². The van der Waals surface area contributed by atoms with Crippen LogP contribution in [0.1, 0.15) is 32.0 Å². The molecule has 36 heavy (non-hydrogen) atoms. The summed E-state index contributed by atoms with van der Waals surface area (Å²) in [6.07, 6.45) is 2.67. The summed E-state index contributed by atoms with van der Waals surface area (Å²) in [5.41, 5.74) is 2.28. The molecule has 4 rings (SSSR count). The number of benzene rings is 1. The van der Waals surface area contributed by atoms with E-state index < -0.39 is 27.7 Å². The largest absolute Gasteiger partial charge is 0.465 e. The Balaban J connectivity index is 1.58. The summed E-state index contributed by atoms with van der Waals surface area (Å²) < 4.78 is 42.5. The van der Waals surface area contributed by atoms with Gasteiger partial charge in [0.25, 0.3) is 5.91 Å². The first-order valence-corrected chi connectivity index (χ1v) is 12.5. The van der Waals surface area contributed by atoms with Crippen molar-refractivity contribution in [2.24, 2.45) is 0 Å². The lowest BCUT2D eigenvalue weighted by Crippen LogP contribution is -2.23. The summed E-state index contributed by atoms with van der Waals surface area (Å²) in [6.45, 7) is 1.72. The lowest BCUT2D eigenvalue weighted by molar-refractivity contribution is 0.0599. The molecule has 3 heterocycles. The maximum Gasteiger partial charge on any atom is 0.338 e. The number of carbonyl (C=O) groups is 2. The number of sulfone groups is 1. The number of aryl methyl sites for hydroxylation is 1. The Hall–Kier alpha value is -4.25. The summed E-state index contributed by atoms with van der Waals surface area (Å²) in [5, 5.41) is 3.42. The molecular weight excluding hydrogens is 487 g/mol. The van der Waals surface area contributed by atoms with Gasteiger partial charge in [-0.15, -0.1) is 0 Å². The summed E-state index contributed by atoms with van der Waals surface area (Å²) in [6, 6.07) is 11.9. The van der Waals surface area contributed by atoms with Crippen LogP contribution in [-0.4, -0.2) is 48.6 Å². The summed E-state index contributed by atoms with van der Waals surface area (Å²) >= 11 is 0. The summed E-state index contributed by atoms with van der Waals surface area (Å²) in [5.74, 6) is -2.00. The Morgan fingerprint density at radius 3 is 2.50 bits per heavy atom. The predicted molar refractivity (Wildman–Crippen MR) is 130 cm³/mol. The summed E-state index contributed by atoms with van der Waals surface area (Å²) in [4.78, 5) is 37.2. The first-order chi connectivity index (χ1) is 17.0. The average Bonchev–Trinajstić information content (AvgIpc) is 2.85. The minimum Gasteiger partial charge on any atom is -0.465 e. The summed E-state index contributed by atoms with van der Waals surface area (Å²) in [7, 11) is -2.27. The topological polar surface area (TPSA) is 128 Å². The second kappa shape index (κ2) is 9.78. The maximum atomic E-state index is 14.0. The van der Waals surface area contributed by atoms with Gasteiger partial charge in [0, 0.05) is 29.5 Å². The van der Waals surface area contributed by atoms with E-state index in [9.17, 15) is 22.4 Å². The van der Waals surface area contributed by atoms with Crippen LogP contribution in [0.2, 0.25) is 0 Å². The zero-order valence-electron chi connectivity index (χ0n) is 19.6. The monoisotopic (exact) mass is 508 g/mol. The number of hydrogen-bond donors (Lipinski definition) is 1. The third kappa shape index (κ3) is 5.36. The van der Waals surface area contributed by atoms with Crippen LogP contribution in [0.3, 0.4) is 0 Å². The SMILES string of the molecule is COC(=O)c1cc(F)nc(-c2ccc3cnc(CNC(=O)c4ccc(C)c(S(C)(=O)=O)c4)cc3n2)c1. The van der Waals surface area contributed by atoms with Gasteiger partial charge in [-0.25, -0.2) is 23.2 Å². The fourth-order valence-corrected chi connectivity index (χ4v) is 4.57. The average molecular weight is 509 g/mol. The van der Waals surface area contributed by atoms with Gasteiger partial charge in [-0.1, -0.05) is 6.07 Å². The Morgan fingerprint density at radius 1 is 1.00 bits per heavy atom. The van der Waals surface area contributed by atoms with Crippen molar-refractivity contribution in [1.82, 2.24) is 20.3 Å². The van der Waals surface area contributed by atoms with Crippen LogP contribution >= 0.6 is 0 Å². The van der Waals surface area contributed by atoms with Crippen molar-refractivity contribution < 1.29 is 27.1 Å². The number of nitrogens with one attached hydrogen (secondary N) is 1. The molecule has 0 bridgehead atoms. The Kier molecular flexibility index (Phi) is 6.75. The quantitative estimate of drug-likeness (QED) is 0.311. The maximum absolute atomic E-state index is 14.0. The third-order valence-corrected chi connectivity index (χ3v) is 6.63.